The van der Waals surface area contributed by atoms with E-state index in [1.807, 2.05) is 37.3 Å². The Kier molecular flexibility index (Phi) is 9.11. The lowest BCUT2D eigenvalue weighted by molar-refractivity contribution is -0.136. The zero-order valence-corrected chi connectivity index (χ0v) is 22.4. The zero-order valence-electron chi connectivity index (χ0n) is 21.6. The summed E-state index contributed by atoms with van der Waals surface area (Å²) in [6.45, 7) is 2.49. The van der Waals surface area contributed by atoms with Crippen LogP contribution in [-0.4, -0.2) is 38.3 Å². The molecule has 0 radical (unpaired) electrons. The maximum absolute atomic E-state index is 13.2. The van der Waals surface area contributed by atoms with E-state index in [1.54, 1.807) is 36.4 Å². The minimum atomic E-state index is -3.98. The van der Waals surface area contributed by atoms with Crippen molar-refractivity contribution >= 4 is 16.1 Å². The van der Waals surface area contributed by atoms with Gasteiger partial charge in [-0.25, -0.2) is 14.2 Å². The number of aryl methyl sites for hydroxylation is 1. The number of nitrogens with one attached hydrogen (secondary N) is 1. The molecule has 3 aromatic carbocycles. The van der Waals surface area contributed by atoms with E-state index >= 15 is 0 Å². The predicted molar refractivity (Wildman–Crippen MR) is 144 cm³/mol. The molecule has 0 aliphatic rings. The van der Waals surface area contributed by atoms with Crippen LogP contribution in [0.15, 0.2) is 83.3 Å². The van der Waals surface area contributed by atoms with Crippen molar-refractivity contribution in [2.45, 2.75) is 32.4 Å². The number of benzene rings is 3. The summed E-state index contributed by atoms with van der Waals surface area (Å²) in [5.74, 6) is 0.662. The van der Waals surface area contributed by atoms with Gasteiger partial charge in [0.05, 0.1) is 18.6 Å². The standard InChI is InChI=1S/C29H29FN2O6S/c1-20-26(32-28(37-20)23-6-4-3-5-7-23)16-17-36-25-14-10-21(11-15-25)18-27(29(33)38-39(2,34)35)31-19-22-8-12-24(30)13-9-22/h3-15,27,31H,16-19H2,1-2H3/t27-/m0/s1. The highest BCUT2D eigenvalue weighted by Crippen LogP contribution is 2.22. The molecule has 1 aromatic heterocycles. The molecule has 0 aliphatic heterocycles. The van der Waals surface area contributed by atoms with Crippen LogP contribution in [0.2, 0.25) is 0 Å². The maximum Gasteiger partial charge on any atom is 0.339 e. The van der Waals surface area contributed by atoms with E-state index in [2.05, 4.69) is 14.5 Å². The highest BCUT2D eigenvalue weighted by atomic mass is 32.2. The second kappa shape index (κ2) is 12.7. The molecule has 8 nitrogen and oxygen atoms in total. The number of ether oxygens (including phenoxy) is 1. The van der Waals surface area contributed by atoms with Gasteiger partial charge < -0.3 is 13.3 Å². The molecule has 0 fully saturated rings. The van der Waals surface area contributed by atoms with Gasteiger partial charge >= 0.3 is 16.1 Å². The summed E-state index contributed by atoms with van der Waals surface area (Å²) in [5.41, 5.74) is 3.24. The minimum absolute atomic E-state index is 0.177. The molecule has 0 saturated carbocycles. The number of carbonyl (C=O) groups is 1. The van der Waals surface area contributed by atoms with Gasteiger partial charge in [-0.1, -0.05) is 42.5 Å². The lowest BCUT2D eigenvalue weighted by atomic mass is 10.1. The number of oxazole rings is 1. The molecule has 0 aliphatic carbocycles. The summed E-state index contributed by atoms with van der Waals surface area (Å²) in [4.78, 5) is 17.1. The van der Waals surface area contributed by atoms with E-state index in [4.69, 9.17) is 9.15 Å². The Balaban J connectivity index is 1.34. The fourth-order valence-corrected chi connectivity index (χ4v) is 4.29. The highest BCUT2D eigenvalue weighted by molar-refractivity contribution is 7.86. The largest absolute Gasteiger partial charge is 0.493 e. The number of halogens is 1. The highest BCUT2D eigenvalue weighted by Gasteiger charge is 2.24. The fraction of sp³-hybridized carbons (Fsp3) is 0.241. The number of hydrogen-bond acceptors (Lipinski definition) is 8. The van der Waals surface area contributed by atoms with Crippen LogP contribution in [-0.2, 0) is 38.5 Å². The molecule has 1 atom stereocenters. The zero-order chi connectivity index (χ0) is 27.8. The summed E-state index contributed by atoms with van der Waals surface area (Å²) in [6.07, 6.45) is 1.56. The van der Waals surface area contributed by atoms with Crippen molar-refractivity contribution < 1.29 is 30.9 Å². The average molecular weight is 553 g/mol. The smallest absolute Gasteiger partial charge is 0.339 e. The van der Waals surface area contributed by atoms with Crippen molar-refractivity contribution in [1.29, 1.82) is 0 Å². The summed E-state index contributed by atoms with van der Waals surface area (Å²) >= 11 is 0. The summed E-state index contributed by atoms with van der Waals surface area (Å²) < 4.78 is 52.5. The van der Waals surface area contributed by atoms with Gasteiger partial charge in [-0.15, -0.1) is 0 Å². The van der Waals surface area contributed by atoms with E-state index in [0.29, 0.717) is 24.7 Å². The molecule has 39 heavy (non-hydrogen) atoms. The van der Waals surface area contributed by atoms with Crippen molar-refractivity contribution in [3.63, 3.8) is 0 Å². The Bertz CT molecular complexity index is 1490. The van der Waals surface area contributed by atoms with Crippen LogP contribution in [0.25, 0.3) is 11.5 Å². The van der Waals surface area contributed by atoms with Gasteiger partial charge in [0.15, 0.2) is 0 Å². The van der Waals surface area contributed by atoms with Gasteiger partial charge in [0.1, 0.15) is 23.4 Å². The Hall–Kier alpha value is -4.02. The molecule has 0 amide bonds. The van der Waals surface area contributed by atoms with Crippen LogP contribution in [0, 0.1) is 12.7 Å². The first-order chi connectivity index (χ1) is 18.7. The summed E-state index contributed by atoms with van der Waals surface area (Å²) in [6, 6.07) is 21.7. The van der Waals surface area contributed by atoms with E-state index in [1.165, 1.54) is 12.1 Å². The van der Waals surface area contributed by atoms with Crippen LogP contribution >= 0.6 is 0 Å². The molecule has 1 heterocycles. The van der Waals surface area contributed by atoms with E-state index in [0.717, 1.165) is 34.4 Å². The minimum Gasteiger partial charge on any atom is -0.493 e. The number of aromatic nitrogens is 1. The maximum atomic E-state index is 13.2. The molecule has 10 heteroatoms. The van der Waals surface area contributed by atoms with Crippen molar-refractivity contribution in [3.8, 4) is 17.2 Å². The van der Waals surface area contributed by atoms with Gasteiger partial charge in [-0.3, -0.25) is 5.32 Å². The van der Waals surface area contributed by atoms with E-state index in [-0.39, 0.29) is 18.8 Å². The average Bonchev–Trinajstić information content (AvgIpc) is 3.28. The van der Waals surface area contributed by atoms with E-state index < -0.39 is 22.1 Å². The Morgan fingerprint density at radius 2 is 1.67 bits per heavy atom. The quantitative estimate of drug-likeness (QED) is 0.254. The molecule has 0 bridgehead atoms. The van der Waals surface area contributed by atoms with Crippen molar-refractivity contribution in [2.24, 2.45) is 0 Å². The Morgan fingerprint density at radius 1 is 1.00 bits per heavy atom. The van der Waals surface area contributed by atoms with Gasteiger partial charge in [-0.05, 0) is 60.9 Å². The third-order valence-corrected chi connectivity index (χ3v) is 6.34. The number of nitrogens with zero attached hydrogens (tertiary/aromatic N) is 1. The van der Waals surface area contributed by atoms with Gasteiger partial charge in [-0.2, -0.15) is 8.42 Å². The molecule has 4 aromatic rings. The first-order valence-electron chi connectivity index (χ1n) is 12.3. The van der Waals surface area contributed by atoms with Gasteiger partial charge in [0.25, 0.3) is 0 Å². The number of carbonyl (C=O) groups excluding carboxylic acids is 1. The van der Waals surface area contributed by atoms with Crippen LogP contribution in [0.4, 0.5) is 4.39 Å². The van der Waals surface area contributed by atoms with Crippen molar-refractivity contribution in [2.75, 3.05) is 12.9 Å². The number of hydrogen-bond donors (Lipinski definition) is 1. The first-order valence-corrected chi connectivity index (χ1v) is 14.1. The molecule has 4 rings (SSSR count). The Labute approximate surface area is 226 Å². The van der Waals surface area contributed by atoms with Gasteiger partial charge in [0, 0.05) is 18.5 Å². The van der Waals surface area contributed by atoms with Crippen molar-refractivity contribution in [1.82, 2.24) is 10.3 Å². The Morgan fingerprint density at radius 3 is 2.33 bits per heavy atom. The molecule has 0 saturated heterocycles. The number of rotatable bonds is 12. The predicted octanol–water partition coefficient (Wildman–Crippen LogP) is 4.61. The van der Waals surface area contributed by atoms with Crippen LogP contribution < -0.4 is 10.1 Å². The second-order valence-corrected chi connectivity index (χ2v) is 10.6. The lowest BCUT2D eigenvalue weighted by Gasteiger charge is -2.17. The monoisotopic (exact) mass is 552 g/mol. The van der Waals surface area contributed by atoms with Crippen LogP contribution in [0.1, 0.15) is 22.6 Å². The SMILES string of the molecule is Cc1oc(-c2ccccc2)nc1CCOc1ccc(C[C@H](NCc2ccc(F)cc2)C(=O)OS(C)(=O)=O)cc1. The summed E-state index contributed by atoms with van der Waals surface area (Å²) in [5, 5.41) is 3.00. The van der Waals surface area contributed by atoms with Crippen LogP contribution in [0.3, 0.4) is 0 Å². The van der Waals surface area contributed by atoms with Crippen LogP contribution in [0.5, 0.6) is 5.75 Å². The second-order valence-electron chi connectivity index (χ2n) is 9.00. The molecular weight excluding hydrogens is 523 g/mol. The molecular formula is C29H29FN2O6S. The summed E-state index contributed by atoms with van der Waals surface area (Å²) in [7, 11) is -3.98. The molecule has 204 valence electrons. The third-order valence-electron chi connectivity index (χ3n) is 5.87. The van der Waals surface area contributed by atoms with Gasteiger partial charge in [0.2, 0.25) is 5.89 Å². The molecule has 0 spiro atoms. The molecule has 0 unspecified atom stereocenters. The van der Waals surface area contributed by atoms with E-state index in [9.17, 15) is 17.6 Å². The molecule has 1 N–H and O–H groups in total. The van der Waals surface area contributed by atoms with Crippen molar-refractivity contribution in [3.05, 3.63) is 107 Å². The lowest BCUT2D eigenvalue weighted by Crippen LogP contribution is -2.40. The topological polar surface area (TPSA) is 108 Å². The fourth-order valence-electron chi connectivity index (χ4n) is 3.88. The first kappa shape index (κ1) is 28.0. The third kappa shape index (κ3) is 8.49. The normalized spacial score (nSPS) is 12.2.